The molecule has 1 saturated carbocycles. The molecule has 0 bridgehead atoms. The summed E-state index contributed by atoms with van der Waals surface area (Å²) in [4.78, 5) is 0. The van der Waals surface area contributed by atoms with Crippen LogP contribution >= 0.6 is 0 Å². The van der Waals surface area contributed by atoms with E-state index in [4.69, 9.17) is 12.2 Å². The standard InChI is InChI=1S/C10H17N/c1-3-4-5-10(11)8(2)9-6-7-9/h1,8-10H,4-7,11H2,2H3. The second kappa shape index (κ2) is 3.78. The molecule has 2 N–H and O–H groups in total. The zero-order chi connectivity index (χ0) is 8.27. The van der Waals surface area contributed by atoms with Crippen molar-refractivity contribution in [2.45, 2.75) is 38.6 Å². The molecule has 1 fully saturated rings. The maximum atomic E-state index is 5.95. The topological polar surface area (TPSA) is 26.0 Å². The van der Waals surface area contributed by atoms with E-state index in [0.29, 0.717) is 12.0 Å². The molecule has 0 saturated heterocycles. The molecule has 1 heteroatoms. The van der Waals surface area contributed by atoms with Gasteiger partial charge in [0.25, 0.3) is 0 Å². The van der Waals surface area contributed by atoms with Crippen molar-refractivity contribution in [1.29, 1.82) is 0 Å². The molecule has 0 spiro atoms. The Bertz CT molecular complexity index is 153. The lowest BCUT2D eigenvalue weighted by Crippen LogP contribution is -2.29. The molecule has 0 radical (unpaired) electrons. The first-order valence-corrected chi connectivity index (χ1v) is 4.44. The largest absolute Gasteiger partial charge is 0.327 e. The Morgan fingerprint density at radius 3 is 2.73 bits per heavy atom. The third-order valence-corrected chi connectivity index (χ3v) is 2.66. The summed E-state index contributed by atoms with van der Waals surface area (Å²) in [6.07, 6.45) is 9.75. The molecule has 1 rings (SSSR count). The number of hydrogen-bond donors (Lipinski definition) is 1. The van der Waals surface area contributed by atoms with Crippen molar-refractivity contribution in [3.8, 4) is 12.3 Å². The fourth-order valence-corrected chi connectivity index (χ4v) is 1.48. The molecular formula is C10H17N. The van der Waals surface area contributed by atoms with Crippen LogP contribution in [0.25, 0.3) is 0 Å². The van der Waals surface area contributed by atoms with Gasteiger partial charge in [-0.05, 0) is 31.1 Å². The fraction of sp³-hybridized carbons (Fsp3) is 0.800. The summed E-state index contributed by atoms with van der Waals surface area (Å²) in [7, 11) is 0. The Labute approximate surface area is 69.4 Å². The van der Waals surface area contributed by atoms with Crippen LogP contribution in [-0.4, -0.2) is 6.04 Å². The highest BCUT2D eigenvalue weighted by molar-refractivity contribution is 4.89. The predicted molar refractivity (Wildman–Crippen MR) is 47.9 cm³/mol. The summed E-state index contributed by atoms with van der Waals surface area (Å²) < 4.78 is 0. The first-order valence-electron chi connectivity index (χ1n) is 4.44. The average molecular weight is 151 g/mol. The highest BCUT2D eigenvalue weighted by atomic mass is 14.7. The van der Waals surface area contributed by atoms with Crippen LogP contribution in [0.2, 0.25) is 0 Å². The number of hydrogen-bond acceptors (Lipinski definition) is 1. The fourth-order valence-electron chi connectivity index (χ4n) is 1.48. The van der Waals surface area contributed by atoms with Gasteiger partial charge in [0, 0.05) is 12.5 Å². The molecule has 1 aliphatic rings. The van der Waals surface area contributed by atoms with Gasteiger partial charge in [-0.2, -0.15) is 0 Å². The van der Waals surface area contributed by atoms with E-state index >= 15 is 0 Å². The van der Waals surface area contributed by atoms with Crippen LogP contribution in [0.15, 0.2) is 0 Å². The molecule has 0 heterocycles. The van der Waals surface area contributed by atoms with Gasteiger partial charge in [-0.15, -0.1) is 12.3 Å². The summed E-state index contributed by atoms with van der Waals surface area (Å²) in [6.45, 7) is 2.25. The van der Waals surface area contributed by atoms with E-state index in [0.717, 1.165) is 18.8 Å². The van der Waals surface area contributed by atoms with E-state index in [1.54, 1.807) is 0 Å². The molecule has 1 aliphatic carbocycles. The molecule has 0 aromatic heterocycles. The van der Waals surface area contributed by atoms with Gasteiger partial charge in [-0.25, -0.2) is 0 Å². The summed E-state index contributed by atoms with van der Waals surface area (Å²) in [5.41, 5.74) is 5.95. The van der Waals surface area contributed by atoms with Crippen molar-refractivity contribution < 1.29 is 0 Å². The average Bonchev–Trinajstić information content (AvgIpc) is 2.81. The normalized spacial score (nSPS) is 22.3. The molecule has 11 heavy (non-hydrogen) atoms. The zero-order valence-corrected chi connectivity index (χ0v) is 7.22. The summed E-state index contributed by atoms with van der Waals surface area (Å²) in [6, 6.07) is 0.332. The third kappa shape index (κ3) is 2.55. The number of terminal acetylenes is 1. The van der Waals surface area contributed by atoms with E-state index in [-0.39, 0.29) is 0 Å². The van der Waals surface area contributed by atoms with Crippen molar-refractivity contribution in [1.82, 2.24) is 0 Å². The Kier molecular flexibility index (Phi) is 2.96. The van der Waals surface area contributed by atoms with Gasteiger partial charge in [-0.1, -0.05) is 6.92 Å². The second-order valence-electron chi connectivity index (χ2n) is 3.60. The van der Waals surface area contributed by atoms with Crippen LogP contribution in [0.3, 0.4) is 0 Å². The summed E-state index contributed by atoms with van der Waals surface area (Å²) >= 11 is 0. The molecule has 0 aromatic carbocycles. The van der Waals surface area contributed by atoms with Crippen LogP contribution in [0.4, 0.5) is 0 Å². The van der Waals surface area contributed by atoms with Crippen LogP contribution < -0.4 is 5.73 Å². The molecule has 0 aromatic rings. The Balaban J connectivity index is 2.17. The highest BCUT2D eigenvalue weighted by Crippen LogP contribution is 2.38. The monoisotopic (exact) mass is 151 g/mol. The number of nitrogens with two attached hydrogens (primary N) is 1. The highest BCUT2D eigenvalue weighted by Gasteiger charge is 2.31. The Hall–Kier alpha value is -0.480. The first-order chi connectivity index (χ1) is 5.25. The van der Waals surface area contributed by atoms with Gasteiger partial charge in [-0.3, -0.25) is 0 Å². The lowest BCUT2D eigenvalue weighted by Gasteiger charge is -2.17. The van der Waals surface area contributed by atoms with Crippen molar-refractivity contribution in [2.75, 3.05) is 0 Å². The van der Waals surface area contributed by atoms with E-state index < -0.39 is 0 Å². The summed E-state index contributed by atoms with van der Waals surface area (Å²) in [5.74, 6) is 4.22. The van der Waals surface area contributed by atoms with Crippen LogP contribution in [0.1, 0.15) is 32.6 Å². The van der Waals surface area contributed by atoms with Gasteiger partial charge < -0.3 is 5.73 Å². The van der Waals surface area contributed by atoms with E-state index in [9.17, 15) is 0 Å². The lowest BCUT2D eigenvalue weighted by molar-refractivity contribution is 0.391. The minimum absolute atomic E-state index is 0.332. The molecule has 2 atom stereocenters. The van der Waals surface area contributed by atoms with Crippen molar-refractivity contribution in [2.24, 2.45) is 17.6 Å². The van der Waals surface area contributed by atoms with Gasteiger partial charge in [0.15, 0.2) is 0 Å². The van der Waals surface area contributed by atoms with Crippen molar-refractivity contribution >= 4 is 0 Å². The van der Waals surface area contributed by atoms with Crippen LogP contribution in [0.5, 0.6) is 0 Å². The molecule has 1 nitrogen and oxygen atoms in total. The predicted octanol–water partition coefficient (Wildman–Crippen LogP) is 1.77. The molecular weight excluding hydrogens is 134 g/mol. The Morgan fingerprint density at radius 2 is 2.27 bits per heavy atom. The molecule has 0 aliphatic heterocycles. The lowest BCUT2D eigenvalue weighted by atomic mass is 9.94. The van der Waals surface area contributed by atoms with E-state index in [1.807, 2.05) is 0 Å². The van der Waals surface area contributed by atoms with Gasteiger partial charge in [0.1, 0.15) is 0 Å². The maximum absolute atomic E-state index is 5.95. The van der Waals surface area contributed by atoms with Crippen molar-refractivity contribution in [3.63, 3.8) is 0 Å². The van der Waals surface area contributed by atoms with Crippen LogP contribution in [0, 0.1) is 24.2 Å². The zero-order valence-electron chi connectivity index (χ0n) is 7.22. The minimum Gasteiger partial charge on any atom is -0.327 e. The third-order valence-electron chi connectivity index (χ3n) is 2.66. The van der Waals surface area contributed by atoms with Crippen molar-refractivity contribution in [3.05, 3.63) is 0 Å². The number of rotatable bonds is 4. The summed E-state index contributed by atoms with van der Waals surface area (Å²) in [5, 5.41) is 0. The quantitative estimate of drug-likeness (QED) is 0.609. The minimum atomic E-state index is 0.332. The first kappa shape index (κ1) is 8.62. The molecule has 0 amide bonds. The Morgan fingerprint density at radius 1 is 1.64 bits per heavy atom. The maximum Gasteiger partial charge on any atom is 0.0101 e. The van der Waals surface area contributed by atoms with Gasteiger partial charge in [0.2, 0.25) is 0 Å². The molecule has 62 valence electrons. The van der Waals surface area contributed by atoms with E-state index in [2.05, 4.69) is 12.8 Å². The SMILES string of the molecule is C#CCCC(N)C(C)C1CC1. The smallest absolute Gasteiger partial charge is 0.0101 e. The molecule has 2 unspecified atom stereocenters. The second-order valence-corrected chi connectivity index (χ2v) is 3.60. The van der Waals surface area contributed by atoms with Gasteiger partial charge in [0.05, 0.1) is 0 Å². The van der Waals surface area contributed by atoms with Gasteiger partial charge >= 0.3 is 0 Å². The van der Waals surface area contributed by atoms with E-state index in [1.165, 1.54) is 12.8 Å². The van der Waals surface area contributed by atoms with Crippen LogP contribution in [-0.2, 0) is 0 Å².